The van der Waals surface area contributed by atoms with Gasteiger partial charge in [-0.15, -0.1) is 10.2 Å². The predicted molar refractivity (Wildman–Crippen MR) is 68.1 cm³/mol. The Bertz CT molecular complexity index is 590. The highest BCUT2D eigenvalue weighted by molar-refractivity contribution is 6.32. The topological polar surface area (TPSA) is 123 Å². The third-order valence-electron chi connectivity index (χ3n) is 1.96. The van der Waals surface area contributed by atoms with Crippen LogP contribution in [-0.4, -0.2) is 5.16 Å². The van der Waals surface area contributed by atoms with Crippen LogP contribution in [-0.2, 0) is 0 Å². The molecule has 2 rings (SSSR count). The smallest absolute Gasteiger partial charge is 0.336 e. The van der Waals surface area contributed by atoms with E-state index in [1.54, 1.807) is 31.2 Å². The van der Waals surface area contributed by atoms with Gasteiger partial charge in [0.25, 0.3) is 0 Å². The van der Waals surface area contributed by atoms with Crippen molar-refractivity contribution in [2.75, 3.05) is 0 Å². The summed E-state index contributed by atoms with van der Waals surface area (Å²) in [6.45, 7) is 1.67. The molecule has 0 atom stereocenters. The summed E-state index contributed by atoms with van der Waals surface area (Å²) in [7, 11) is 0. The zero-order valence-corrected chi connectivity index (χ0v) is 10.3. The second-order valence-corrected chi connectivity index (χ2v) is 3.52. The van der Waals surface area contributed by atoms with Gasteiger partial charge in [-0.2, -0.15) is 0 Å². The maximum absolute atomic E-state index is 11.2. The van der Waals surface area contributed by atoms with E-state index in [1.807, 2.05) is 0 Å². The van der Waals surface area contributed by atoms with Crippen molar-refractivity contribution >= 4 is 23.0 Å². The summed E-state index contributed by atoms with van der Waals surface area (Å²) >= 11 is 5.88. The van der Waals surface area contributed by atoms with E-state index < -0.39 is 5.63 Å². The van der Waals surface area contributed by atoms with Gasteiger partial charge in [-0.1, -0.05) is 23.7 Å². The van der Waals surface area contributed by atoms with Crippen molar-refractivity contribution < 1.29 is 4.52 Å². The maximum Gasteiger partial charge on any atom is 0.384 e. The fraction of sp³-hybridized carbons (Fsp3) is 0.100. The second-order valence-electron chi connectivity index (χ2n) is 3.12. The van der Waals surface area contributed by atoms with Gasteiger partial charge in [0.05, 0.1) is 10.7 Å². The third-order valence-corrected chi connectivity index (χ3v) is 2.28. The molecule has 8 heteroatoms. The Kier molecular flexibility index (Phi) is 5.25. The van der Waals surface area contributed by atoms with Gasteiger partial charge in [0, 0.05) is 0 Å². The van der Waals surface area contributed by atoms with E-state index >= 15 is 0 Å². The van der Waals surface area contributed by atoms with Crippen molar-refractivity contribution in [3.8, 4) is 0 Å². The van der Waals surface area contributed by atoms with E-state index in [2.05, 4.69) is 31.6 Å². The first-order chi connectivity index (χ1) is 8.68. The number of nitrogens with zero attached hydrogens (tertiary/aromatic N) is 2. The van der Waals surface area contributed by atoms with Crippen molar-refractivity contribution in [2.24, 2.45) is 21.9 Å². The van der Waals surface area contributed by atoms with Gasteiger partial charge in [-0.25, -0.2) is 9.95 Å². The molecule has 0 aliphatic carbocycles. The molecule has 18 heavy (non-hydrogen) atoms. The van der Waals surface area contributed by atoms with Crippen LogP contribution >= 0.6 is 11.6 Å². The minimum absolute atomic E-state index is 0.153. The van der Waals surface area contributed by atoms with Gasteiger partial charge < -0.3 is 4.52 Å². The summed E-state index contributed by atoms with van der Waals surface area (Å²) in [6.07, 6.45) is 0. The van der Waals surface area contributed by atoms with E-state index in [1.165, 1.54) is 0 Å². The molecule has 96 valence electrons. The van der Waals surface area contributed by atoms with Crippen LogP contribution in [0.4, 0.5) is 11.4 Å². The zero-order chi connectivity index (χ0) is 13.5. The number of aromatic amines is 1. The van der Waals surface area contributed by atoms with Crippen LogP contribution in [0.3, 0.4) is 0 Å². The van der Waals surface area contributed by atoms with E-state index in [4.69, 9.17) is 11.6 Å². The summed E-state index contributed by atoms with van der Waals surface area (Å²) in [5.41, 5.74) is 0.637. The van der Waals surface area contributed by atoms with Crippen molar-refractivity contribution in [1.29, 1.82) is 0 Å². The average Bonchev–Trinajstić information content (AvgIpc) is 2.71. The summed E-state index contributed by atoms with van der Waals surface area (Å²) in [6, 6.07) is 6.97. The van der Waals surface area contributed by atoms with Crippen LogP contribution in [0.15, 0.2) is 43.8 Å². The van der Waals surface area contributed by atoms with Crippen LogP contribution < -0.4 is 17.3 Å². The number of nitrogens with two attached hydrogens (primary N) is 2. The Hall–Kier alpha value is -1.96. The number of hydrogen-bond acceptors (Lipinski definition) is 6. The number of hydrogen-bond donors (Lipinski definition) is 3. The molecule has 0 amide bonds. The number of nitrogens with one attached hydrogen (secondary N) is 1. The molecule has 0 saturated heterocycles. The summed E-state index contributed by atoms with van der Waals surface area (Å²) in [4.78, 5) is 11.2. The minimum atomic E-state index is -0.548. The van der Waals surface area contributed by atoms with E-state index in [0.717, 1.165) is 0 Å². The van der Waals surface area contributed by atoms with Crippen LogP contribution in [0.1, 0.15) is 5.69 Å². The Morgan fingerprint density at radius 1 is 1.28 bits per heavy atom. The van der Waals surface area contributed by atoms with Crippen molar-refractivity contribution in [3.05, 3.63) is 45.4 Å². The number of H-pyrrole nitrogens is 1. The fourth-order valence-corrected chi connectivity index (χ4v) is 1.30. The lowest BCUT2D eigenvalue weighted by Gasteiger charge is -1.93. The number of rotatable bonds is 2. The molecule has 0 aliphatic rings. The van der Waals surface area contributed by atoms with E-state index in [-0.39, 0.29) is 5.69 Å². The number of hydrazine groups is 1. The Labute approximate surface area is 107 Å². The number of halogens is 1. The molecule has 0 fully saturated rings. The van der Waals surface area contributed by atoms with Crippen molar-refractivity contribution in [1.82, 2.24) is 5.16 Å². The summed E-state index contributed by atoms with van der Waals surface area (Å²) < 4.78 is 4.55. The lowest BCUT2D eigenvalue weighted by Crippen LogP contribution is -2.02. The number of aryl methyl sites for hydroxylation is 1. The molecule has 1 aromatic heterocycles. The van der Waals surface area contributed by atoms with Crippen molar-refractivity contribution in [3.63, 3.8) is 0 Å². The average molecular weight is 270 g/mol. The second kappa shape index (κ2) is 6.70. The monoisotopic (exact) mass is 269 g/mol. The summed E-state index contributed by atoms with van der Waals surface area (Å²) in [5.74, 6) is 8.00. The molecule has 5 N–H and O–H groups in total. The van der Waals surface area contributed by atoms with Crippen LogP contribution in [0.25, 0.3) is 0 Å². The quantitative estimate of drug-likeness (QED) is 0.439. The molecule has 0 spiro atoms. The Morgan fingerprint density at radius 3 is 2.50 bits per heavy atom. The molecule has 0 unspecified atom stereocenters. The molecular weight excluding hydrogens is 258 g/mol. The molecule has 0 saturated carbocycles. The first-order valence-corrected chi connectivity index (χ1v) is 5.24. The van der Waals surface area contributed by atoms with Crippen LogP contribution in [0, 0.1) is 6.92 Å². The minimum Gasteiger partial charge on any atom is -0.336 e. The van der Waals surface area contributed by atoms with Crippen LogP contribution in [0.5, 0.6) is 0 Å². The summed E-state index contributed by atoms with van der Waals surface area (Å²) in [5, 5.41) is 10.6. The standard InChI is InChI=1S/C10H8ClN3O2.H4N2/c1-6-9(10(15)16-14-6)13-12-8-5-3-2-4-7(8)11;1-2/h2-5,14H,1H3;1-2H2. The van der Waals surface area contributed by atoms with E-state index in [9.17, 15) is 4.79 Å². The van der Waals surface area contributed by atoms with Crippen molar-refractivity contribution in [2.45, 2.75) is 6.92 Å². The highest BCUT2D eigenvalue weighted by Crippen LogP contribution is 2.25. The maximum atomic E-state index is 11.2. The highest BCUT2D eigenvalue weighted by Gasteiger charge is 2.06. The molecule has 1 heterocycles. The van der Waals surface area contributed by atoms with Gasteiger partial charge in [-0.05, 0) is 19.1 Å². The number of azo groups is 1. The molecule has 2 aromatic rings. The fourth-order valence-electron chi connectivity index (χ4n) is 1.13. The zero-order valence-electron chi connectivity index (χ0n) is 9.55. The molecule has 7 nitrogen and oxygen atoms in total. The third kappa shape index (κ3) is 3.27. The molecule has 0 bridgehead atoms. The van der Waals surface area contributed by atoms with Crippen LogP contribution in [0.2, 0.25) is 5.02 Å². The highest BCUT2D eigenvalue weighted by atomic mass is 35.5. The van der Waals surface area contributed by atoms with E-state index in [0.29, 0.717) is 16.4 Å². The number of aromatic nitrogens is 1. The molecule has 0 radical (unpaired) electrons. The molecular formula is C10H12ClN5O2. The van der Waals surface area contributed by atoms with Gasteiger partial charge in [0.15, 0.2) is 5.69 Å². The first-order valence-electron chi connectivity index (χ1n) is 4.86. The van der Waals surface area contributed by atoms with Gasteiger partial charge in [0.1, 0.15) is 5.69 Å². The SMILES string of the molecule is Cc1[nH]oc(=O)c1N=Nc1ccccc1Cl.NN. The number of benzene rings is 1. The predicted octanol–water partition coefficient (Wildman–Crippen LogP) is 2.16. The van der Waals surface area contributed by atoms with Gasteiger partial charge in [-0.3, -0.25) is 11.7 Å². The normalized spacial score (nSPS) is 10.2. The lowest BCUT2D eigenvalue weighted by molar-refractivity contribution is 0.388. The van der Waals surface area contributed by atoms with Gasteiger partial charge in [0.2, 0.25) is 0 Å². The Morgan fingerprint density at radius 2 is 1.94 bits per heavy atom. The largest absolute Gasteiger partial charge is 0.384 e. The Balaban J connectivity index is 0.000000771. The lowest BCUT2D eigenvalue weighted by atomic mass is 10.3. The molecule has 0 aliphatic heterocycles. The van der Waals surface area contributed by atoms with Gasteiger partial charge >= 0.3 is 5.63 Å². The first kappa shape index (κ1) is 14.1. The molecule has 1 aromatic carbocycles.